The molecule has 2 aromatic rings. The molecule has 122 valence electrons. The highest BCUT2D eigenvalue weighted by molar-refractivity contribution is 7.92. The van der Waals surface area contributed by atoms with E-state index in [1.54, 1.807) is 31.3 Å². The Morgan fingerprint density at radius 2 is 1.83 bits per heavy atom. The molecule has 0 saturated carbocycles. The van der Waals surface area contributed by atoms with Crippen LogP contribution in [0.25, 0.3) is 0 Å². The molecule has 0 atom stereocenters. The first-order valence-electron chi connectivity index (χ1n) is 6.84. The van der Waals surface area contributed by atoms with Gasteiger partial charge in [-0.2, -0.15) is 0 Å². The molecule has 0 fully saturated rings. The highest BCUT2D eigenvalue weighted by Gasteiger charge is 2.19. The molecule has 23 heavy (non-hydrogen) atoms. The summed E-state index contributed by atoms with van der Waals surface area (Å²) in [5, 5.41) is 0. The number of amides is 1. The van der Waals surface area contributed by atoms with Crippen molar-refractivity contribution >= 4 is 27.3 Å². The third-order valence-corrected chi connectivity index (χ3v) is 4.78. The maximum absolute atomic E-state index is 13.3. The van der Waals surface area contributed by atoms with Gasteiger partial charge < -0.3 is 4.90 Å². The second-order valence-corrected chi connectivity index (χ2v) is 6.79. The van der Waals surface area contributed by atoms with Crippen molar-refractivity contribution in [2.45, 2.75) is 18.7 Å². The van der Waals surface area contributed by atoms with E-state index in [-0.39, 0.29) is 22.1 Å². The lowest BCUT2D eigenvalue weighted by Gasteiger charge is -2.20. The van der Waals surface area contributed by atoms with Gasteiger partial charge in [0.05, 0.1) is 16.3 Å². The molecule has 0 saturated heterocycles. The van der Waals surface area contributed by atoms with Crippen molar-refractivity contribution < 1.29 is 17.6 Å². The molecule has 0 aromatic heterocycles. The van der Waals surface area contributed by atoms with Crippen LogP contribution in [0.4, 0.5) is 15.8 Å². The standard InChI is InChI=1S/C16H17FN2O3S/c1-11-10-13(8-9-14(11)17)23(21,22)18-15-6-4-5-7-16(15)19(3)12(2)20/h4-10,18H,1-3H3. The van der Waals surface area contributed by atoms with E-state index in [2.05, 4.69) is 4.72 Å². The van der Waals surface area contributed by atoms with Gasteiger partial charge in [0.2, 0.25) is 5.91 Å². The molecule has 0 radical (unpaired) electrons. The number of carbonyl (C=O) groups is 1. The summed E-state index contributed by atoms with van der Waals surface area (Å²) in [6, 6.07) is 10.1. The third kappa shape index (κ3) is 3.68. The summed E-state index contributed by atoms with van der Waals surface area (Å²) in [6.45, 7) is 2.88. The number of benzene rings is 2. The number of carbonyl (C=O) groups excluding carboxylic acids is 1. The van der Waals surface area contributed by atoms with Crippen molar-refractivity contribution in [2.75, 3.05) is 16.7 Å². The van der Waals surface area contributed by atoms with Crippen molar-refractivity contribution in [2.24, 2.45) is 0 Å². The summed E-state index contributed by atoms with van der Waals surface area (Å²) in [4.78, 5) is 12.8. The summed E-state index contributed by atoms with van der Waals surface area (Å²) in [6.07, 6.45) is 0. The van der Waals surface area contributed by atoms with Crippen molar-refractivity contribution in [1.29, 1.82) is 0 Å². The van der Waals surface area contributed by atoms with Gasteiger partial charge in [-0.15, -0.1) is 0 Å². The summed E-state index contributed by atoms with van der Waals surface area (Å²) in [5.74, 6) is -0.699. The van der Waals surface area contributed by atoms with E-state index >= 15 is 0 Å². The van der Waals surface area contributed by atoms with Crippen molar-refractivity contribution in [1.82, 2.24) is 0 Å². The van der Waals surface area contributed by atoms with Crippen molar-refractivity contribution in [3.05, 3.63) is 53.8 Å². The topological polar surface area (TPSA) is 66.5 Å². The Balaban J connectivity index is 2.42. The Morgan fingerprint density at radius 3 is 2.43 bits per heavy atom. The van der Waals surface area contributed by atoms with E-state index in [9.17, 15) is 17.6 Å². The minimum absolute atomic E-state index is 0.0447. The zero-order valence-electron chi connectivity index (χ0n) is 13.0. The molecule has 1 amide bonds. The monoisotopic (exact) mass is 336 g/mol. The average Bonchev–Trinajstić information content (AvgIpc) is 2.49. The van der Waals surface area contributed by atoms with Gasteiger partial charge in [0.1, 0.15) is 5.82 Å². The van der Waals surface area contributed by atoms with Crippen LogP contribution < -0.4 is 9.62 Å². The molecular weight excluding hydrogens is 319 g/mol. The summed E-state index contributed by atoms with van der Waals surface area (Å²) in [5.41, 5.74) is 0.941. The molecule has 0 bridgehead atoms. The Labute approximate surface area is 134 Å². The van der Waals surface area contributed by atoms with Gasteiger partial charge in [0.25, 0.3) is 10.0 Å². The van der Waals surface area contributed by atoms with Crippen LogP contribution in [0.2, 0.25) is 0 Å². The first kappa shape index (κ1) is 17.0. The second-order valence-electron chi connectivity index (χ2n) is 5.11. The smallest absolute Gasteiger partial charge is 0.261 e. The van der Waals surface area contributed by atoms with E-state index in [1.807, 2.05) is 0 Å². The lowest BCUT2D eigenvalue weighted by Crippen LogP contribution is -2.25. The fourth-order valence-electron chi connectivity index (χ4n) is 2.01. The highest BCUT2D eigenvalue weighted by Crippen LogP contribution is 2.27. The molecule has 0 unspecified atom stereocenters. The number of halogens is 1. The number of para-hydroxylation sites is 2. The summed E-state index contributed by atoms with van der Waals surface area (Å²) < 4.78 is 40.7. The molecule has 2 aromatic carbocycles. The number of rotatable bonds is 4. The zero-order chi connectivity index (χ0) is 17.2. The molecule has 0 aliphatic rings. The van der Waals surface area contributed by atoms with E-state index < -0.39 is 15.8 Å². The van der Waals surface area contributed by atoms with Gasteiger partial charge in [-0.1, -0.05) is 12.1 Å². The number of sulfonamides is 1. The first-order chi connectivity index (χ1) is 10.7. The molecule has 0 spiro atoms. The van der Waals surface area contributed by atoms with Gasteiger partial charge >= 0.3 is 0 Å². The fraction of sp³-hybridized carbons (Fsp3) is 0.188. The lowest BCUT2D eigenvalue weighted by molar-refractivity contribution is -0.116. The van der Waals surface area contributed by atoms with Gasteiger partial charge in [-0.3, -0.25) is 9.52 Å². The first-order valence-corrected chi connectivity index (χ1v) is 8.33. The van der Waals surface area contributed by atoms with Crippen LogP contribution in [0.1, 0.15) is 12.5 Å². The summed E-state index contributed by atoms with van der Waals surface area (Å²) >= 11 is 0. The van der Waals surface area contributed by atoms with E-state index in [1.165, 1.54) is 30.9 Å². The zero-order valence-corrected chi connectivity index (χ0v) is 13.8. The van der Waals surface area contributed by atoms with E-state index in [0.29, 0.717) is 5.69 Å². The van der Waals surface area contributed by atoms with Gasteiger partial charge in [-0.25, -0.2) is 12.8 Å². The normalized spacial score (nSPS) is 11.1. The SMILES string of the molecule is CC(=O)N(C)c1ccccc1NS(=O)(=O)c1ccc(F)c(C)c1. The molecule has 7 heteroatoms. The molecule has 2 rings (SSSR count). The van der Waals surface area contributed by atoms with Crippen LogP contribution in [0, 0.1) is 12.7 Å². The van der Waals surface area contributed by atoms with Crippen molar-refractivity contribution in [3.8, 4) is 0 Å². The lowest BCUT2D eigenvalue weighted by atomic mass is 10.2. The Hall–Kier alpha value is -2.41. The predicted octanol–water partition coefficient (Wildman–Crippen LogP) is 2.92. The number of nitrogens with zero attached hydrogens (tertiary/aromatic N) is 1. The van der Waals surface area contributed by atoms with Gasteiger partial charge in [0.15, 0.2) is 0 Å². The molecular formula is C16H17FN2O3S. The number of aryl methyl sites for hydroxylation is 1. The van der Waals surface area contributed by atoms with Gasteiger partial charge in [-0.05, 0) is 42.8 Å². The predicted molar refractivity (Wildman–Crippen MR) is 87.5 cm³/mol. The maximum atomic E-state index is 13.3. The average molecular weight is 336 g/mol. The van der Waals surface area contributed by atoms with Crippen LogP contribution >= 0.6 is 0 Å². The largest absolute Gasteiger partial charge is 0.314 e. The van der Waals surface area contributed by atoms with E-state index in [4.69, 9.17) is 0 Å². The molecule has 5 nitrogen and oxygen atoms in total. The second kappa shape index (κ2) is 6.37. The van der Waals surface area contributed by atoms with Gasteiger partial charge in [0, 0.05) is 14.0 Å². The molecule has 0 aliphatic carbocycles. The summed E-state index contributed by atoms with van der Waals surface area (Å²) in [7, 11) is -2.34. The van der Waals surface area contributed by atoms with Crippen LogP contribution in [0.15, 0.2) is 47.4 Å². The Morgan fingerprint density at radius 1 is 1.17 bits per heavy atom. The minimum atomic E-state index is -3.89. The maximum Gasteiger partial charge on any atom is 0.261 e. The molecule has 1 N–H and O–H groups in total. The number of hydrogen-bond donors (Lipinski definition) is 1. The Kier molecular flexibility index (Phi) is 4.70. The molecule has 0 heterocycles. The van der Waals surface area contributed by atoms with E-state index in [0.717, 1.165) is 6.07 Å². The third-order valence-electron chi connectivity index (χ3n) is 3.42. The highest BCUT2D eigenvalue weighted by atomic mass is 32.2. The number of anilines is 2. The minimum Gasteiger partial charge on any atom is -0.314 e. The number of hydrogen-bond acceptors (Lipinski definition) is 3. The Bertz CT molecular complexity index is 850. The van der Waals surface area contributed by atoms with Crippen LogP contribution in [0.3, 0.4) is 0 Å². The van der Waals surface area contributed by atoms with Crippen molar-refractivity contribution in [3.63, 3.8) is 0 Å². The van der Waals surface area contributed by atoms with Crippen LogP contribution in [-0.4, -0.2) is 21.4 Å². The number of nitrogens with one attached hydrogen (secondary N) is 1. The fourth-order valence-corrected chi connectivity index (χ4v) is 3.17. The molecule has 0 aliphatic heterocycles. The van der Waals surface area contributed by atoms with Crippen LogP contribution in [0.5, 0.6) is 0 Å². The van der Waals surface area contributed by atoms with Crippen LogP contribution in [-0.2, 0) is 14.8 Å². The quantitative estimate of drug-likeness (QED) is 0.933.